The van der Waals surface area contributed by atoms with Crippen LogP contribution in [0.4, 0.5) is 5.69 Å². The number of rotatable bonds is 4. The summed E-state index contributed by atoms with van der Waals surface area (Å²) < 4.78 is 1.96. The lowest BCUT2D eigenvalue weighted by atomic mass is 10.1. The highest BCUT2D eigenvalue weighted by Crippen LogP contribution is 2.34. The fraction of sp³-hybridized carbons (Fsp3) is 0.476. The van der Waals surface area contributed by atoms with Gasteiger partial charge in [0.2, 0.25) is 0 Å². The molecule has 0 bridgehead atoms. The lowest BCUT2D eigenvalue weighted by molar-refractivity contribution is 0.194. The normalized spacial score (nSPS) is 16.9. The van der Waals surface area contributed by atoms with Crippen molar-refractivity contribution in [2.45, 2.75) is 39.3 Å². The van der Waals surface area contributed by atoms with E-state index >= 15 is 0 Å². The number of aromatic nitrogens is 4. The van der Waals surface area contributed by atoms with Crippen LogP contribution in [-0.4, -0.2) is 51.3 Å². The molecule has 0 N–H and O–H groups in total. The van der Waals surface area contributed by atoms with Crippen LogP contribution in [0.5, 0.6) is 0 Å². The molecule has 1 aromatic carbocycles. The summed E-state index contributed by atoms with van der Waals surface area (Å²) in [5, 5.41) is 15.7. The average molecular weight is 431 g/mol. The van der Waals surface area contributed by atoms with Crippen LogP contribution in [-0.2, 0) is 5.54 Å². The van der Waals surface area contributed by atoms with Gasteiger partial charge in [-0.15, -0.1) is 16.4 Å². The topological polar surface area (TPSA) is 50.1 Å². The monoisotopic (exact) mass is 430 g/mol. The van der Waals surface area contributed by atoms with Gasteiger partial charge in [0.25, 0.3) is 0 Å². The van der Waals surface area contributed by atoms with Crippen LogP contribution in [0.2, 0.25) is 5.02 Å². The molecular formula is C21H27ClN6S. The number of aryl methyl sites for hydroxylation is 1. The van der Waals surface area contributed by atoms with E-state index < -0.39 is 0 Å². The minimum atomic E-state index is -0.173. The minimum Gasteiger partial charge on any atom is -0.369 e. The quantitative estimate of drug-likeness (QED) is 0.615. The van der Waals surface area contributed by atoms with Crippen molar-refractivity contribution in [3.05, 3.63) is 57.0 Å². The number of benzene rings is 1. The number of piperazine rings is 1. The highest BCUT2D eigenvalue weighted by Gasteiger charge is 2.33. The Hall–Kier alpha value is -1.96. The number of hydrogen-bond acceptors (Lipinski definition) is 6. The third kappa shape index (κ3) is 4.17. The van der Waals surface area contributed by atoms with Crippen LogP contribution in [0, 0.1) is 6.92 Å². The van der Waals surface area contributed by atoms with Gasteiger partial charge in [-0.05, 0) is 67.3 Å². The molecule has 1 saturated heterocycles. The van der Waals surface area contributed by atoms with E-state index in [2.05, 4.69) is 82.7 Å². The van der Waals surface area contributed by atoms with Gasteiger partial charge in [0.15, 0.2) is 5.82 Å². The second kappa shape index (κ2) is 8.05. The number of thiophene rings is 1. The lowest BCUT2D eigenvalue weighted by Crippen LogP contribution is -2.48. The summed E-state index contributed by atoms with van der Waals surface area (Å²) >= 11 is 8.01. The Morgan fingerprint density at radius 1 is 1.10 bits per heavy atom. The third-order valence-corrected chi connectivity index (χ3v) is 6.54. The largest absolute Gasteiger partial charge is 0.369 e. The van der Waals surface area contributed by atoms with Crippen molar-refractivity contribution in [1.29, 1.82) is 0 Å². The van der Waals surface area contributed by atoms with Crippen LogP contribution in [0.25, 0.3) is 0 Å². The van der Waals surface area contributed by atoms with Crippen molar-refractivity contribution in [3.8, 4) is 0 Å². The molecule has 1 aliphatic heterocycles. The molecular weight excluding hydrogens is 404 g/mol. The van der Waals surface area contributed by atoms with Gasteiger partial charge in [0, 0.05) is 41.8 Å². The molecule has 0 spiro atoms. The lowest BCUT2D eigenvalue weighted by Gasteiger charge is -2.40. The van der Waals surface area contributed by atoms with Crippen molar-refractivity contribution in [3.63, 3.8) is 0 Å². The summed E-state index contributed by atoms with van der Waals surface area (Å²) in [6.07, 6.45) is 0. The second-order valence-electron chi connectivity index (χ2n) is 8.49. The number of anilines is 1. The molecule has 154 valence electrons. The second-order valence-corrected chi connectivity index (χ2v) is 9.91. The van der Waals surface area contributed by atoms with Gasteiger partial charge < -0.3 is 4.90 Å². The zero-order valence-electron chi connectivity index (χ0n) is 17.3. The van der Waals surface area contributed by atoms with E-state index in [9.17, 15) is 0 Å². The predicted molar refractivity (Wildman–Crippen MR) is 119 cm³/mol. The van der Waals surface area contributed by atoms with Gasteiger partial charge in [-0.2, -0.15) is 0 Å². The summed E-state index contributed by atoms with van der Waals surface area (Å²) in [4.78, 5) is 6.20. The highest BCUT2D eigenvalue weighted by atomic mass is 35.5. The molecule has 1 unspecified atom stereocenters. The third-order valence-electron chi connectivity index (χ3n) is 5.38. The van der Waals surface area contributed by atoms with Crippen molar-refractivity contribution in [2.24, 2.45) is 0 Å². The zero-order valence-corrected chi connectivity index (χ0v) is 18.9. The van der Waals surface area contributed by atoms with Crippen molar-refractivity contribution < 1.29 is 0 Å². The summed E-state index contributed by atoms with van der Waals surface area (Å²) in [7, 11) is 0. The molecule has 0 aliphatic carbocycles. The van der Waals surface area contributed by atoms with E-state index in [1.807, 2.05) is 10.7 Å². The first-order chi connectivity index (χ1) is 13.8. The Balaban J connectivity index is 1.60. The van der Waals surface area contributed by atoms with Gasteiger partial charge in [0.1, 0.15) is 6.04 Å². The molecule has 2 aromatic heterocycles. The molecule has 3 aromatic rings. The van der Waals surface area contributed by atoms with E-state index in [1.54, 1.807) is 11.3 Å². The Morgan fingerprint density at radius 2 is 1.86 bits per heavy atom. The van der Waals surface area contributed by atoms with Crippen LogP contribution in [0.3, 0.4) is 0 Å². The molecule has 6 nitrogen and oxygen atoms in total. The molecule has 0 amide bonds. The summed E-state index contributed by atoms with van der Waals surface area (Å²) in [6.45, 7) is 12.3. The smallest absolute Gasteiger partial charge is 0.174 e. The van der Waals surface area contributed by atoms with Gasteiger partial charge in [-0.1, -0.05) is 23.7 Å². The molecule has 1 fully saturated rings. The first kappa shape index (κ1) is 20.3. The maximum Gasteiger partial charge on any atom is 0.174 e. The Labute approximate surface area is 181 Å². The minimum absolute atomic E-state index is 0.0619. The fourth-order valence-corrected chi connectivity index (χ4v) is 4.93. The van der Waals surface area contributed by atoms with Crippen LogP contribution in [0.1, 0.15) is 43.1 Å². The fourth-order valence-electron chi connectivity index (χ4n) is 3.90. The summed E-state index contributed by atoms with van der Waals surface area (Å²) in [6, 6.07) is 10.5. The Morgan fingerprint density at radius 3 is 2.52 bits per heavy atom. The Bertz CT molecular complexity index is 954. The van der Waals surface area contributed by atoms with Gasteiger partial charge in [0.05, 0.1) is 5.54 Å². The van der Waals surface area contributed by atoms with E-state index in [0.29, 0.717) is 0 Å². The average Bonchev–Trinajstić information content (AvgIpc) is 3.37. The molecule has 0 radical (unpaired) electrons. The molecule has 29 heavy (non-hydrogen) atoms. The summed E-state index contributed by atoms with van der Waals surface area (Å²) in [5.74, 6) is 0.910. The maximum atomic E-state index is 6.25. The standard InChI is InChI=1S/C21H27ClN6S/c1-15-7-8-16(22)14-17(15)26-9-11-27(12-10-26)19(18-6-5-13-29-18)20-23-24-25-28(20)21(2,3)4/h5-8,13-14,19H,9-12H2,1-4H3. The molecule has 3 heterocycles. The molecule has 1 atom stereocenters. The molecule has 4 rings (SSSR count). The van der Waals surface area contributed by atoms with E-state index in [-0.39, 0.29) is 11.6 Å². The SMILES string of the molecule is Cc1ccc(Cl)cc1N1CCN(C(c2cccs2)c2nnnn2C(C)(C)C)CC1. The first-order valence-corrected chi connectivity index (χ1v) is 11.2. The van der Waals surface area contributed by atoms with E-state index in [4.69, 9.17) is 11.6 Å². The molecule has 8 heteroatoms. The number of nitrogens with zero attached hydrogens (tertiary/aromatic N) is 6. The highest BCUT2D eigenvalue weighted by molar-refractivity contribution is 7.10. The van der Waals surface area contributed by atoms with Crippen molar-refractivity contribution >= 4 is 28.6 Å². The summed E-state index contributed by atoms with van der Waals surface area (Å²) in [5.41, 5.74) is 2.31. The van der Waals surface area contributed by atoms with Gasteiger partial charge >= 0.3 is 0 Å². The van der Waals surface area contributed by atoms with E-state index in [0.717, 1.165) is 37.0 Å². The van der Waals surface area contributed by atoms with Crippen molar-refractivity contribution in [1.82, 2.24) is 25.1 Å². The maximum absolute atomic E-state index is 6.25. The van der Waals surface area contributed by atoms with Gasteiger partial charge in [-0.3, -0.25) is 4.90 Å². The Kier molecular flexibility index (Phi) is 5.64. The van der Waals surface area contributed by atoms with Crippen LogP contribution < -0.4 is 4.90 Å². The molecule has 1 aliphatic rings. The molecule has 0 saturated carbocycles. The number of halogens is 1. The van der Waals surface area contributed by atoms with Crippen molar-refractivity contribution in [2.75, 3.05) is 31.1 Å². The predicted octanol–water partition coefficient (Wildman–Crippen LogP) is 4.36. The van der Waals surface area contributed by atoms with E-state index in [1.165, 1.54) is 16.1 Å². The van der Waals surface area contributed by atoms with Gasteiger partial charge in [-0.25, -0.2) is 4.68 Å². The van der Waals surface area contributed by atoms with Crippen LogP contribution >= 0.6 is 22.9 Å². The number of tetrazole rings is 1. The zero-order chi connectivity index (χ0) is 20.6. The van der Waals surface area contributed by atoms with Crippen LogP contribution in [0.15, 0.2) is 35.7 Å². The first-order valence-electron chi connectivity index (χ1n) is 9.92. The number of hydrogen-bond donors (Lipinski definition) is 0.